The van der Waals surface area contributed by atoms with Gasteiger partial charge in [0.25, 0.3) is 0 Å². The number of aromatic nitrogens is 1. The summed E-state index contributed by atoms with van der Waals surface area (Å²) >= 11 is 3.74. The molecule has 0 unspecified atom stereocenters. The molecule has 234 valence electrons. The predicted octanol–water partition coefficient (Wildman–Crippen LogP) is 14.1. The molecule has 0 amide bonds. The predicted molar refractivity (Wildman–Crippen MR) is 219 cm³/mol. The van der Waals surface area contributed by atoms with Gasteiger partial charge in [-0.25, -0.2) is 0 Å². The highest BCUT2D eigenvalue weighted by molar-refractivity contribution is 7.26. The Balaban J connectivity index is 1.27. The molecule has 0 aliphatic heterocycles. The largest absolute Gasteiger partial charge is 0.308 e. The van der Waals surface area contributed by atoms with E-state index in [1.165, 1.54) is 72.9 Å². The van der Waals surface area contributed by atoms with Gasteiger partial charge in [0.2, 0.25) is 0 Å². The highest BCUT2D eigenvalue weighted by atomic mass is 32.1. The van der Waals surface area contributed by atoms with E-state index in [0.717, 1.165) is 22.7 Å². The van der Waals surface area contributed by atoms with Gasteiger partial charge in [0.1, 0.15) is 0 Å². The molecule has 3 aromatic heterocycles. The van der Waals surface area contributed by atoms with E-state index in [4.69, 9.17) is 0 Å². The molecule has 0 fully saturated rings. The molecule has 2 nitrogen and oxygen atoms in total. The number of thiophene rings is 2. The number of rotatable bonds is 4. The van der Waals surface area contributed by atoms with E-state index in [1.54, 1.807) is 0 Å². The molecular formula is C46H28N2S2. The van der Waals surface area contributed by atoms with Crippen LogP contribution in [0.25, 0.3) is 78.6 Å². The Morgan fingerprint density at radius 2 is 1.00 bits per heavy atom. The van der Waals surface area contributed by atoms with Gasteiger partial charge in [-0.1, -0.05) is 103 Å². The fraction of sp³-hybridized carbons (Fsp3) is 0. The summed E-state index contributed by atoms with van der Waals surface area (Å²) in [4.78, 5) is 2.51. The van der Waals surface area contributed by atoms with E-state index in [-0.39, 0.29) is 0 Å². The van der Waals surface area contributed by atoms with Crippen molar-refractivity contribution in [2.45, 2.75) is 0 Å². The maximum Gasteiger partial charge on any atom is 0.0782 e. The lowest BCUT2D eigenvalue weighted by molar-refractivity contribution is 1.17. The second kappa shape index (κ2) is 10.8. The molecule has 0 saturated carbocycles. The van der Waals surface area contributed by atoms with Crippen molar-refractivity contribution in [3.05, 3.63) is 170 Å². The van der Waals surface area contributed by atoms with Crippen molar-refractivity contribution in [3.63, 3.8) is 0 Å². The Bertz CT molecular complexity index is 3110. The fourth-order valence-corrected chi connectivity index (χ4v) is 10.2. The summed E-state index contributed by atoms with van der Waals surface area (Å²) in [6, 6.07) is 62.5. The highest BCUT2D eigenvalue weighted by Gasteiger charge is 2.23. The van der Waals surface area contributed by atoms with Crippen LogP contribution < -0.4 is 4.90 Å². The molecule has 3 heterocycles. The van der Waals surface area contributed by atoms with Crippen LogP contribution in [0.2, 0.25) is 0 Å². The molecule has 0 radical (unpaired) electrons. The molecule has 4 heteroatoms. The van der Waals surface area contributed by atoms with Crippen LogP contribution >= 0.6 is 22.7 Å². The molecule has 8 aromatic carbocycles. The van der Waals surface area contributed by atoms with Gasteiger partial charge in [-0.15, -0.1) is 22.7 Å². The summed E-state index contributed by atoms with van der Waals surface area (Å²) in [6.45, 7) is 0. The van der Waals surface area contributed by atoms with Crippen LogP contribution in [-0.4, -0.2) is 4.57 Å². The van der Waals surface area contributed by atoms with Crippen molar-refractivity contribution >= 4 is 113 Å². The lowest BCUT2D eigenvalue weighted by atomic mass is 10.0. The smallest absolute Gasteiger partial charge is 0.0782 e. The zero-order valence-electron chi connectivity index (χ0n) is 26.9. The number of fused-ring (bicyclic) bond motifs is 10. The number of benzene rings is 8. The lowest BCUT2D eigenvalue weighted by Crippen LogP contribution is -2.12. The van der Waals surface area contributed by atoms with Crippen LogP contribution in [0.5, 0.6) is 0 Å². The average Bonchev–Trinajstić information content (AvgIpc) is 3.84. The number of hydrogen-bond acceptors (Lipinski definition) is 3. The van der Waals surface area contributed by atoms with Crippen molar-refractivity contribution in [2.75, 3.05) is 4.90 Å². The van der Waals surface area contributed by atoms with E-state index in [0.29, 0.717) is 0 Å². The topological polar surface area (TPSA) is 8.17 Å². The first-order chi connectivity index (χ1) is 24.8. The van der Waals surface area contributed by atoms with Crippen molar-refractivity contribution in [1.29, 1.82) is 0 Å². The van der Waals surface area contributed by atoms with Crippen LogP contribution in [0.15, 0.2) is 170 Å². The van der Waals surface area contributed by atoms with Gasteiger partial charge in [-0.3, -0.25) is 0 Å². The molecule has 11 aromatic rings. The maximum absolute atomic E-state index is 2.51. The van der Waals surface area contributed by atoms with Gasteiger partial charge in [0.05, 0.1) is 22.4 Å². The second-order valence-corrected chi connectivity index (χ2v) is 15.1. The molecule has 50 heavy (non-hydrogen) atoms. The Morgan fingerprint density at radius 1 is 0.380 bits per heavy atom. The Hall–Kier alpha value is -5.94. The Kier molecular flexibility index (Phi) is 6.03. The van der Waals surface area contributed by atoms with Gasteiger partial charge in [-0.2, -0.15) is 0 Å². The van der Waals surface area contributed by atoms with E-state index < -0.39 is 0 Å². The van der Waals surface area contributed by atoms with E-state index in [9.17, 15) is 0 Å². The lowest BCUT2D eigenvalue weighted by Gasteiger charge is -2.28. The zero-order valence-corrected chi connectivity index (χ0v) is 28.5. The van der Waals surface area contributed by atoms with Crippen molar-refractivity contribution in [1.82, 2.24) is 4.57 Å². The standard InChI is InChI=1S/C46H28N2S2/c1-2-13-30(14-3-1)48-39-19-7-4-15-32(39)36-18-11-21-41(46(36)48)47(31-24-25-35-33-16-5-8-22-42(33)50-45(35)27-31)40-20-10-12-29-26-44-38(28-37(29)40)34-17-6-9-23-43(34)49-44/h1-28H. The summed E-state index contributed by atoms with van der Waals surface area (Å²) in [5.74, 6) is 0. The van der Waals surface area contributed by atoms with Crippen molar-refractivity contribution in [3.8, 4) is 5.69 Å². The summed E-state index contributed by atoms with van der Waals surface area (Å²) in [5.41, 5.74) is 6.99. The molecule has 0 aliphatic rings. The average molecular weight is 673 g/mol. The minimum Gasteiger partial charge on any atom is -0.308 e. The van der Waals surface area contributed by atoms with E-state index in [1.807, 2.05) is 22.7 Å². The summed E-state index contributed by atoms with van der Waals surface area (Å²) in [7, 11) is 0. The molecular weight excluding hydrogens is 645 g/mol. The number of para-hydroxylation sites is 3. The Morgan fingerprint density at radius 3 is 1.82 bits per heavy atom. The van der Waals surface area contributed by atoms with E-state index >= 15 is 0 Å². The molecule has 11 rings (SSSR count). The number of hydrogen-bond donors (Lipinski definition) is 0. The van der Waals surface area contributed by atoms with Gasteiger partial charge < -0.3 is 9.47 Å². The molecule has 0 bridgehead atoms. The highest BCUT2D eigenvalue weighted by Crippen LogP contribution is 2.48. The van der Waals surface area contributed by atoms with Crippen LogP contribution in [0.4, 0.5) is 17.1 Å². The fourth-order valence-electron chi connectivity index (χ4n) is 7.96. The van der Waals surface area contributed by atoms with Crippen molar-refractivity contribution in [2.24, 2.45) is 0 Å². The SMILES string of the molecule is c1ccc(-n2c3ccccc3c3cccc(N(c4ccc5c(c4)sc4ccccc45)c4cccc5cc6sc7ccccc7c6cc45)c32)cc1. The first kappa shape index (κ1) is 28.0. The van der Waals surface area contributed by atoms with Crippen LogP contribution in [0, 0.1) is 0 Å². The Labute approximate surface area is 296 Å². The molecule has 0 aliphatic carbocycles. The molecule has 0 saturated heterocycles. The summed E-state index contributed by atoms with van der Waals surface area (Å²) in [5, 5.41) is 10.2. The van der Waals surface area contributed by atoms with Gasteiger partial charge in [0.15, 0.2) is 0 Å². The monoisotopic (exact) mass is 672 g/mol. The first-order valence-corrected chi connectivity index (χ1v) is 18.6. The zero-order chi connectivity index (χ0) is 32.8. The van der Waals surface area contributed by atoms with Gasteiger partial charge in [0, 0.05) is 67.9 Å². The summed E-state index contributed by atoms with van der Waals surface area (Å²) < 4.78 is 7.69. The van der Waals surface area contributed by atoms with Crippen LogP contribution in [-0.2, 0) is 0 Å². The van der Waals surface area contributed by atoms with Crippen LogP contribution in [0.3, 0.4) is 0 Å². The third-order valence-electron chi connectivity index (χ3n) is 10.1. The van der Waals surface area contributed by atoms with Gasteiger partial charge >= 0.3 is 0 Å². The third kappa shape index (κ3) is 4.07. The number of anilines is 3. The minimum absolute atomic E-state index is 1.14. The second-order valence-electron chi connectivity index (χ2n) is 12.9. The number of nitrogens with zero attached hydrogens (tertiary/aromatic N) is 2. The summed E-state index contributed by atoms with van der Waals surface area (Å²) in [6.07, 6.45) is 0. The maximum atomic E-state index is 2.51. The van der Waals surface area contributed by atoms with E-state index in [2.05, 4.69) is 179 Å². The van der Waals surface area contributed by atoms with Crippen LogP contribution in [0.1, 0.15) is 0 Å². The van der Waals surface area contributed by atoms with Crippen molar-refractivity contribution < 1.29 is 0 Å². The minimum atomic E-state index is 1.14. The molecule has 0 N–H and O–H groups in total. The molecule has 0 atom stereocenters. The normalized spacial score (nSPS) is 12.0. The third-order valence-corrected chi connectivity index (χ3v) is 12.4. The van der Waals surface area contributed by atoms with Gasteiger partial charge in [-0.05, 0) is 72.1 Å². The first-order valence-electron chi connectivity index (χ1n) is 16.9. The quantitative estimate of drug-likeness (QED) is 0.181. The molecule has 0 spiro atoms.